The number of hydrogen-bond donors (Lipinski definition) is 2. The molecule has 0 spiro atoms. The molecule has 3 heteroatoms. The van der Waals surface area contributed by atoms with E-state index >= 15 is 0 Å². The summed E-state index contributed by atoms with van der Waals surface area (Å²) in [5, 5.41) is 13.8. The van der Waals surface area contributed by atoms with E-state index in [1.807, 2.05) is 0 Å². The fourth-order valence-electron chi connectivity index (χ4n) is 3.18. The van der Waals surface area contributed by atoms with Crippen LogP contribution in [-0.2, 0) is 4.74 Å². The highest BCUT2D eigenvalue weighted by molar-refractivity contribution is 4.84. The molecule has 2 aliphatic rings. The smallest absolute Gasteiger partial charge is 0.0815 e. The lowest BCUT2D eigenvalue weighted by atomic mass is 9.82. The van der Waals surface area contributed by atoms with Crippen LogP contribution in [0.15, 0.2) is 0 Å². The van der Waals surface area contributed by atoms with Crippen LogP contribution >= 0.6 is 0 Å². The lowest BCUT2D eigenvalue weighted by Crippen LogP contribution is -2.46. The van der Waals surface area contributed by atoms with Crippen molar-refractivity contribution >= 4 is 0 Å². The Hall–Kier alpha value is -0.120. The van der Waals surface area contributed by atoms with Gasteiger partial charge in [-0.2, -0.15) is 0 Å². The Kier molecular flexibility index (Phi) is 4.83. The van der Waals surface area contributed by atoms with Crippen LogP contribution in [0.4, 0.5) is 0 Å². The van der Waals surface area contributed by atoms with Crippen LogP contribution in [0.2, 0.25) is 0 Å². The standard InChI is InChI=1S/C14H27NO2/c1-12-3-2-4-13(9-12)10-15-11-14(16)5-7-17-8-6-14/h12-13,15-16H,2-11H2,1H3. The van der Waals surface area contributed by atoms with E-state index in [1.165, 1.54) is 25.7 Å². The molecular weight excluding hydrogens is 214 g/mol. The normalized spacial score (nSPS) is 33.5. The molecular formula is C14H27NO2. The summed E-state index contributed by atoms with van der Waals surface area (Å²) in [6, 6.07) is 0. The van der Waals surface area contributed by atoms with E-state index in [9.17, 15) is 5.11 Å². The first-order chi connectivity index (χ1) is 8.18. The van der Waals surface area contributed by atoms with Crippen LogP contribution in [0.3, 0.4) is 0 Å². The van der Waals surface area contributed by atoms with E-state index in [0.717, 1.165) is 37.8 Å². The van der Waals surface area contributed by atoms with E-state index in [4.69, 9.17) is 4.74 Å². The molecule has 1 saturated carbocycles. The minimum absolute atomic E-state index is 0.515. The van der Waals surface area contributed by atoms with E-state index < -0.39 is 5.60 Å². The molecule has 0 amide bonds. The van der Waals surface area contributed by atoms with Crippen molar-refractivity contribution in [2.24, 2.45) is 11.8 Å². The predicted molar refractivity (Wildman–Crippen MR) is 69.0 cm³/mol. The van der Waals surface area contributed by atoms with Gasteiger partial charge in [-0.25, -0.2) is 0 Å². The SMILES string of the molecule is CC1CCCC(CNCC2(O)CCOCC2)C1. The largest absolute Gasteiger partial charge is 0.388 e. The Morgan fingerprint density at radius 1 is 1.29 bits per heavy atom. The minimum atomic E-state index is -0.515. The maximum Gasteiger partial charge on any atom is 0.0815 e. The highest BCUT2D eigenvalue weighted by Crippen LogP contribution is 2.28. The van der Waals surface area contributed by atoms with Gasteiger partial charge in [0, 0.05) is 32.6 Å². The maximum absolute atomic E-state index is 10.3. The second-order valence-corrected chi connectivity index (χ2v) is 6.11. The molecule has 0 aromatic rings. The summed E-state index contributed by atoms with van der Waals surface area (Å²) in [5.74, 6) is 1.71. The first-order valence-electron chi connectivity index (χ1n) is 7.19. The predicted octanol–water partition coefficient (Wildman–Crippen LogP) is 1.94. The molecule has 2 N–H and O–H groups in total. The van der Waals surface area contributed by atoms with Crippen LogP contribution in [0.5, 0.6) is 0 Å². The second kappa shape index (κ2) is 6.17. The summed E-state index contributed by atoms with van der Waals surface area (Å²) in [6.45, 7) is 5.59. The van der Waals surface area contributed by atoms with Crippen LogP contribution in [0.25, 0.3) is 0 Å². The summed E-state index contributed by atoms with van der Waals surface area (Å²) in [5.41, 5.74) is -0.515. The molecule has 1 aliphatic carbocycles. The van der Waals surface area contributed by atoms with Crippen molar-refractivity contribution in [1.29, 1.82) is 0 Å². The molecule has 2 unspecified atom stereocenters. The fourth-order valence-corrected chi connectivity index (χ4v) is 3.18. The van der Waals surface area contributed by atoms with Crippen molar-refractivity contribution in [3.05, 3.63) is 0 Å². The third-order valence-electron chi connectivity index (χ3n) is 4.36. The molecule has 2 atom stereocenters. The zero-order valence-corrected chi connectivity index (χ0v) is 11.1. The topological polar surface area (TPSA) is 41.5 Å². The summed E-state index contributed by atoms with van der Waals surface area (Å²) in [7, 11) is 0. The Bertz CT molecular complexity index is 226. The lowest BCUT2D eigenvalue weighted by Gasteiger charge is -2.33. The van der Waals surface area contributed by atoms with Gasteiger partial charge >= 0.3 is 0 Å². The molecule has 1 saturated heterocycles. The van der Waals surface area contributed by atoms with Crippen LogP contribution in [0, 0.1) is 11.8 Å². The van der Waals surface area contributed by atoms with Gasteiger partial charge in [0.05, 0.1) is 5.60 Å². The van der Waals surface area contributed by atoms with Gasteiger partial charge in [0.2, 0.25) is 0 Å². The van der Waals surface area contributed by atoms with Gasteiger partial charge in [0.15, 0.2) is 0 Å². The van der Waals surface area contributed by atoms with Crippen molar-refractivity contribution in [1.82, 2.24) is 5.32 Å². The summed E-state index contributed by atoms with van der Waals surface area (Å²) in [6.07, 6.45) is 7.05. The highest BCUT2D eigenvalue weighted by atomic mass is 16.5. The zero-order valence-electron chi connectivity index (χ0n) is 11.1. The first-order valence-corrected chi connectivity index (χ1v) is 7.19. The monoisotopic (exact) mass is 241 g/mol. The molecule has 17 heavy (non-hydrogen) atoms. The Morgan fingerprint density at radius 3 is 2.76 bits per heavy atom. The fraction of sp³-hybridized carbons (Fsp3) is 1.00. The minimum Gasteiger partial charge on any atom is -0.388 e. The number of ether oxygens (including phenoxy) is 1. The van der Waals surface area contributed by atoms with Crippen LogP contribution in [0.1, 0.15) is 45.4 Å². The van der Waals surface area contributed by atoms with Gasteiger partial charge in [-0.3, -0.25) is 0 Å². The maximum atomic E-state index is 10.3. The van der Waals surface area contributed by atoms with Crippen molar-refractivity contribution in [3.63, 3.8) is 0 Å². The van der Waals surface area contributed by atoms with E-state index in [0.29, 0.717) is 13.2 Å². The second-order valence-electron chi connectivity index (χ2n) is 6.11. The van der Waals surface area contributed by atoms with Gasteiger partial charge in [-0.1, -0.05) is 19.8 Å². The summed E-state index contributed by atoms with van der Waals surface area (Å²) < 4.78 is 5.29. The number of aliphatic hydroxyl groups is 1. The van der Waals surface area contributed by atoms with Gasteiger partial charge in [-0.05, 0) is 31.2 Å². The molecule has 0 radical (unpaired) electrons. The van der Waals surface area contributed by atoms with Crippen LogP contribution < -0.4 is 5.32 Å². The van der Waals surface area contributed by atoms with E-state index in [1.54, 1.807) is 0 Å². The molecule has 2 rings (SSSR count). The number of rotatable bonds is 4. The zero-order chi connectivity index (χ0) is 12.1. The summed E-state index contributed by atoms with van der Waals surface area (Å²) in [4.78, 5) is 0. The van der Waals surface area contributed by atoms with E-state index in [-0.39, 0.29) is 0 Å². The van der Waals surface area contributed by atoms with Crippen LogP contribution in [-0.4, -0.2) is 37.0 Å². The first kappa shape index (κ1) is 13.3. The molecule has 2 fully saturated rings. The van der Waals surface area contributed by atoms with Crippen molar-refractivity contribution in [2.45, 2.75) is 51.0 Å². The summed E-state index contributed by atoms with van der Waals surface area (Å²) >= 11 is 0. The molecule has 0 aromatic heterocycles. The Morgan fingerprint density at radius 2 is 2.06 bits per heavy atom. The molecule has 3 nitrogen and oxygen atoms in total. The quantitative estimate of drug-likeness (QED) is 0.790. The third kappa shape index (κ3) is 4.23. The molecule has 100 valence electrons. The van der Waals surface area contributed by atoms with Crippen molar-refractivity contribution in [2.75, 3.05) is 26.3 Å². The van der Waals surface area contributed by atoms with Crippen molar-refractivity contribution < 1.29 is 9.84 Å². The van der Waals surface area contributed by atoms with Gasteiger partial charge in [0.25, 0.3) is 0 Å². The average Bonchev–Trinajstić information content (AvgIpc) is 2.30. The van der Waals surface area contributed by atoms with Gasteiger partial charge in [0.1, 0.15) is 0 Å². The highest BCUT2D eigenvalue weighted by Gasteiger charge is 2.29. The Balaban J connectivity index is 1.64. The lowest BCUT2D eigenvalue weighted by molar-refractivity contribution is -0.0619. The van der Waals surface area contributed by atoms with E-state index in [2.05, 4.69) is 12.2 Å². The molecule has 0 bridgehead atoms. The number of nitrogens with one attached hydrogen (secondary N) is 1. The van der Waals surface area contributed by atoms with Crippen molar-refractivity contribution in [3.8, 4) is 0 Å². The van der Waals surface area contributed by atoms with Gasteiger partial charge in [-0.15, -0.1) is 0 Å². The molecule has 1 aliphatic heterocycles. The Labute approximate surface area is 105 Å². The van der Waals surface area contributed by atoms with Gasteiger partial charge < -0.3 is 15.2 Å². The molecule has 1 heterocycles. The third-order valence-corrected chi connectivity index (χ3v) is 4.36. The average molecular weight is 241 g/mol. The number of hydrogen-bond acceptors (Lipinski definition) is 3. The molecule has 0 aromatic carbocycles.